The number of nitrogens with one attached hydrogen (secondary N) is 1. The number of hydrogen-bond acceptors (Lipinski definition) is 4. The second-order valence-electron chi connectivity index (χ2n) is 4.94. The molecule has 0 aliphatic rings. The molecule has 1 rings (SSSR count). The van der Waals surface area contributed by atoms with E-state index in [9.17, 15) is 9.50 Å². The van der Waals surface area contributed by atoms with Crippen molar-refractivity contribution in [2.45, 2.75) is 31.4 Å². The molecule has 1 aromatic rings. The van der Waals surface area contributed by atoms with Crippen molar-refractivity contribution in [3.63, 3.8) is 0 Å². The maximum atomic E-state index is 13.8. The Hall–Kier alpha value is -0.620. The van der Waals surface area contributed by atoms with E-state index in [2.05, 4.69) is 19.2 Å². The standard InChI is InChI=1S/C14H22FNO2S/c1-10(2)6-16-7-11-3-4-14(13(15)5-11)19-9-12(18)8-17/h3-5,10,12,16-18H,6-9H2,1-2H3. The first-order valence-electron chi connectivity index (χ1n) is 6.43. The molecule has 0 aliphatic heterocycles. The second-order valence-corrected chi connectivity index (χ2v) is 6.00. The lowest BCUT2D eigenvalue weighted by atomic mass is 10.2. The molecular weight excluding hydrogens is 265 g/mol. The van der Waals surface area contributed by atoms with Gasteiger partial charge in [-0.05, 0) is 30.2 Å². The molecule has 1 aromatic carbocycles. The van der Waals surface area contributed by atoms with E-state index < -0.39 is 6.10 Å². The van der Waals surface area contributed by atoms with Gasteiger partial charge in [0.25, 0.3) is 0 Å². The molecular formula is C14H22FNO2S. The highest BCUT2D eigenvalue weighted by atomic mass is 32.2. The van der Waals surface area contributed by atoms with Gasteiger partial charge in [0.2, 0.25) is 0 Å². The summed E-state index contributed by atoms with van der Waals surface area (Å²) in [6, 6.07) is 5.11. The second kappa shape index (κ2) is 8.53. The van der Waals surface area contributed by atoms with Crippen LogP contribution in [-0.2, 0) is 6.54 Å². The van der Waals surface area contributed by atoms with Gasteiger partial charge >= 0.3 is 0 Å². The minimum Gasteiger partial charge on any atom is -0.394 e. The topological polar surface area (TPSA) is 52.5 Å². The van der Waals surface area contributed by atoms with E-state index in [1.54, 1.807) is 6.07 Å². The molecule has 0 amide bonds. The van der Waals surface area contributed by atoms with Crippen molar-refractivity contribution in [3.05, 3.63) is 29.6 Å². The molecule has 3 nitrogen and oxygen atoms in total. The van der Waals surface area contributed by atoms with Crippen LogP contribution in [0.25, 0.3) is 0 Å². The summed E-state index contributed by atoms with van der Waals surface area (Å²) in [7, 11) is 0. The Labute approximate surface area is 118 Å². The van der Waals surface area contributed by atoms with Crippen molar-refractivity contribution >= 4 is 11.8 Å². The fraction of sp³-hybridized carbons (Fsp3) is 0.571. The van der Waals surface area contributed by atoms with E-state index in [0.717, 1.165) is 12.1 Å². The van der Waals surface area contributed by atoms with Crippen LogP contribution in [0.15, 0.2) is 23.1 Å². The van der Waals surface area contributed by atoms with Crippen LogP contribution in [0, 0.1) is 11.7 Å². The zero-order valence-corrected chi connectivity index (χ0v) is 12.2. The molecule has 0 heterocycles. The van der Waals surface area contributed by atoms with Gasteiger partial charge in [0.05, 0.1) is 12.7 Å². The van der Waals surface area contributed by atoms with Gasteiger partial charge < -0.3 is 15.5 Å². The van der Waals surface area contributed by atoms with Crippen molar-refractivity contribution in [3.8, 4) is 0 Å². The van der Waals surface area contributed by atoms with Gasteiger partial charge in [-0.25, -0.2) is 4.39 Å². The minimum absolute atomic E-state index is 0.279. The van der Waals surface area contributed by atoms with Crippen molar-refractivity contribution in [2.24, 2.45) is 5.92 Å². The summed E-state index contributed by atoms with van der Waals surface area (Å²) < 4.78 is 13.8. The van der Waals surface area contributed by atoms with E-state index in [4.69, 9.17) is 5.11 Å². The van der Waals surface area contributed by atoms with Crippen molar-refractivity contribution in [1.29, 1.82) is 0 Å². The van der Waals surface area contributed by atoms with Gasteiger partial charge in [0, 0.05) is 17.2 Å². The van der Waals surface area contributed by atoms with Gasteiger partial charge in [-0.1, -0.05) is 19.9 Å². The molecule has 0 saturated carbocycles. The number of aliphatic hydroxyl groups excluding tert-OH is 2. The van der Waals surface area contributed by atoms with Crippen LogP contribution < -0.4 is 5.32 Å². The zero-order chi connectivity index (χ0) is 14.3. The number of aliphatic hydroxyl groups is 2. The Bertz CT molecular complexity index is 388. The van der Waals surface area contributed by atoms with E-state index in [-0.39, 0.29) is 12.4 Å². The predicted molar refractivity (Wildman–Crippen MR) is 76.8 cm³/mol. The lowest BCUT2D eigenvalue weighted by molar-refractivity contribution is 0.113. The fourth-order valence-electron chi connectivity index (χ4n) is 1.52. The number of benzene rings is 1. The molecule has 0 fully saturated rings. The summed E-state index contributed by atoms with van der Waals surface area (Å²) in [5, 5.41) is 21.2. The fourth-order valence-corrected chi connectivity index (χ4v) is 2.35. The molecule has 0 radical (unpaired) electrons. The molecule has 0 aromatic heterocycles. The van der Waals surface area contributed by atoms with Crippen LogP contribution in [0.3, 0.4) is 0 Å². The molecule has 0 saturated heterocycles. The number of hydrogen-bond donors (Lipinski definition) is 3. The Kier molecular flexibility index (Phi) is 7.38. The molecule has 19 heavy (non-hydrogen) atoms. The normalized spacial score (nSPS) is 12.9. The summed E-state index contributed by atoms with van der Waals surface area (Å²) in [5.74, 6) is 0.580. The highest BCUT2D eigenvalue weighted by Crippen LogP contribution is 2.23. The van der Waals surface area contributed by atoms with Crippen LogP contribution in [0.1, 0.15) is 19.4 Å². The smallest absolute Gasteiger partial charge is 0.137 e. The highest BCUT2D eigenvalue weighted by Gasteiger charge is 2.08. The van der Waals surface area contributed by atoms with Crippen LogP contribution >= 0.6 is 11.8 Å². The first-order chi connectivity index (χ1) is 9.02. The Morgan fingerprint density at radius 1 is 1.37 bits per heavy atom. The van der Waals surface area contributed by atoms with Gasteiger partial charge in [-0.2, -0.15) is 0 Å². The minimum atomic E-state index is -0.809. The number of halogens is 1. The predicted octanol–water partition coefficient (Wildman–Crippen LogP) is 2.02. The molecule has 108 valence electrons. The third kappa shape index (κ3) is 6.38. The van der Waals surface area contributed by atoms with Crippen LogP contribution in [0.4, 0.5) is 4.39 Å². The Morgan fingerprint density at radius 3 is 2.68 bits per heavy atom. The quantitative estimate of drug-likeness (QED) is 0.640. The van der Waals surface area contributed by atoms with E-state index in [1.807, 2.05) is 6.07 Å². The Balaban J connectivity index is 2.49. The number of rotatable bonds is 8. The van der Waals surface area contributed by atoms with Crippen molar-refractivity contribution in [2.75, 3.05) is 18.9 Å². The van der Waals surface area contributed by atoms with Gasteiger partial charge in [-0.15, -0.1) is 11.8 Å². The summed E-state index contributed by atoms with van der Waals surface area (Å²) in [4.78, 5) is 0.500. The maximum Gasteiger partial charge on any atom is 0.137 e. The average Bonchev–Trinajstić information content (AvgIpc) is 2.37. The van der Waals surface area contributed by atoms with Gasteiger partial charge in [0.15, 0.2) is 0 Å². The lowest BCUT2D eigenvalue weighted by Crippen LogP contribution is -2.19. The SMILES string of the molecule is CC(C)CNCc1ccc(SCC(O)CO)c(F)c1. The first kappa shape index (κ1) is 16.4. The largest absolute Gasteiger partial charge is 0.394 e. The third-order valence-corrected chi connectivity index (χ3v) is 3.71. The molecule has 0 aliphatic carbocycles. The molecule has 0 spiro atoms. The van der Waals surface area contributed by atoms with E-state index in [1.165, 1.54) is 17.8 Å². The van der Waals surface area contributed by atoms with E-state index >= 15 is 0 Å². The molecule has 3 N–H and O–H groups in total. The monoisotopic (exact) mass is 287 g/mol. The maximum absolute atomic E-state index is 13.8. The molecule has 0 bridgehead atoms. The summed E-state index contributed by atoms with van der Waals surface area (Å²) in [6.07, 6.45) is -0.809. The zero-order valence-electron chi connectivity index (χ0n) is 11.4. The van der Waals surface area contributed by atoms with Crippen molar-refractivity contribution < 1.29 is 14.6 Å². The lowest BCUT2D eigenvalue weighted by Gasteiger charge is -2.10. The van der Waals surface area contributed by atoms with Crippen molar-refractivity contribution in [1.82, 2.24) is 5.32 Å². The average molecular weight is 287 g/mol. The third-order valence-electron chi connectivity index (χ3n) is 2.52. The summed E-state index contributed by atoms with van der Waals surface area (Å²) >= 11 is 1.21. The highest BCUT2D eigenvalue weighted by molar-refractivity contribution is 7.99. The summed E-state index contributed by atoms with van der Waals surface area (Å²) in [5.41, 5.74) is 0.908. The molecule has 1 unspecified atom stereocenters. The number of thioether (sulfide) groups is 1. The Morgan fingerprint density at radius 2 is 2.11 bits per heavy atom. The van der Waals surface area contributed by atoms with Gasteiger partial charge in [0.1, 0.15) is 5.82 Å². The molecule has 1 atom stereocenters. The molecule has 5 heteroatoms. The van der Waals surface area contributed by atoms with Crippen LogP contribution in [-0.4, -0.2) is 35.2 Å². The van der Waals surface area contributed by atoms with E-state index in [0.29, 0.717) is 23.1 Å². The first-order valence-corrected chi connectivity index (χ1v) is 7.42. The van der Waals surface area contributed by atoms with Crippen LogP contribution in [0.2, 0.25) is 0 Å². The summed E-state index contributed by atoms with van der Waals surface area (Å²) in [6.45, 7) is 5.51. The van der Waals surface area contributed by atoms with Gasteiger partial charge in [-0.3, -0.25) is 0 Å². The van der Waals surface area contributed by atoms with Crippen LogP contribution in [0.5, 0.6) is 0 Å².